The Labute approximate surface area is 117 Å². The molecule has 6 nitrogen and oxygen atoms in total. The van der Waals surface area contributed by atoms with Crippen LogP contribution in [0.5, 0.6) is 0 Å². The maximum absolute atomic E-state index is 11.0. The van der Waals surface area contributed by atoms with Crippen LogP contribution in [0.25, 0.3) is 0 Å². The molecule has 0 spiro atoms. The van der Waals surface area contributed by atoms with Crippen molar-refractivity contribution in [1.29, 1.82) is 0 Å². The second kappa shape index (κ2) is 5.48. The van der Waals surface area contributed by atoms with E-state index in [2.05, 4.69) is 15.3 Å². The quantitative estimate of drug-likeness (QED) is 0.765. The average molecular weight is 279 g/mol. The Morgan fingerprint density at radius 3 is 2.95 bits per heavy atom. The van der Waals surface area contributed by atoms with Crippen LogP contribution >= 0.6 is 12.2 Å². The number of aryl methyl sites for hydroxylation is 1. The standard InChI is InChI=1S/C12H17N5OS/c1-7-5-10(11(13)19)16-12(14-7)17-4-3-9(6-17)15-8(2)18/h5,9H,3-4,6H2,1-2H3,(H2,13,19)(H,15,18). The summed E-state index contributed by atoms with van der Waals surface area (Å²) in [4.78, 5) is 22.1. The third-order valence-electron chi connectivity index (χ3n) is 2.97. The van der Waals surface area contributed by atoms with Crippen molar-refractivity contribution < 1.29 is 4.79 Å². The average Bonchev–Trinajstić information content (AvgIpc) is 2.75. The monoisotopic (exact) mass is 279 g/mol. The zero-order chi connectivity index (χ0) is 14.0. The summed E-state index contributed by atoms with van der Waals surface area (Å²) in [5.74, 6) is 0.608. The van der Waals surface area contributed by atoms with E-state index in [-0.39, 0.29) is 16.9 Å². The number of hydrogen-bond donors (Lipinski definition) is 2. The Hall–Kier alpha value is -1.76. The molecule has 0 aliphatic carbocycles. The summed E-state index contributed by atoms with van der Waals surface area (Å²) in [5.41, 5.74) is 7.02. The number of nitrogens with zero attached hydrogens (tertiary/aromatic N) is 3. The summed E-state index contributed by atoms with van der Waals surface area (Å²) in [6.07, 6.45) is 0.888. The molecule has 1 aliphatic heterocycles. The van der Waals surface area contributed by atoms with Crippen LogP contribution < -0.4 is 16.0 Å². The van der Waals surface area contributed by atoms with Gasteiger partial charge >= 0.3 is 0 Å². The number of carbonyl (C=O) groups is 1. The van der Waals surface area contributed by atoms with Crippen LogP contribution in [0.2, 0.25) is 0 Å². The van der Waals surface area contributed by atoms with E-state index in [1.165, 1.54) is 6.92 Å². The molecule has 2 rings (SSSR count). The molecule has 7 heteroatoms. The summed E-state index contributed by atoms with van der Waals surface area (Å²) < 4.78 is 0. The second-order valence-corrected chi connectivity index (χ2v) is 5.13. The lowest BCUT2D eigenvalue weighted by molar-refractivity contribution is -0.119. The molecular weight excluding hydrogens is 262 g/mol. The third kappa shape index (κ3) is 3.37. The van der Waals surface area contributed by atoms with Gasteiger partial charge in [-0.05, 0) is 19.4 Å². The van der Waals surface area contributed by atoms with Gasteiger partial charge in [-0.2, -0.15) is 0 Å². The number of thiocarbonyl (C=S) groups is 1. The first-order valence-corrected chi connectivity index (χ1v) is 6.54. The number of aromatic nitrogens is 2. The molecule has 1 aromatic rings. The Morgan fingerprint density at radius 1 is 1.58 bits per heavy atom. The van der Waals surface area contributed by atoms with E-state index in [4.69, 9.17) is 18.0 Å². The maximum atomic E-state index is 11.0. The van der Waals surface area contributed by atoms with Crippen LogP contribution in [0, 0.1) is 6.92 Å². The van der Waals surface area contributed by atoms with Gasteiger partial charge in [-0.25, -0.2) is 9.97 Å². The van der Waals surface area contributed by atoms with E-state index in [0.717, 1.165) is 18.7 Å². The molecule has 102 valence electrons. The molecule has 1 aliphatic rings. The molecule has 1 fully saturated rings. The van der Waals surface area contributed by atoms with E-state index in [0.29, 0.717) is 18.2 Å². The van der Waals surface area contributed by atoms with Crippen molar-refractivity contribution in [2.45, 2.75) is 26.3 Å². The molecule has 1 aromatic heterocycles. The predicted molar refractivity (Wildman–Crippen MR) is 77.1 cm³/mol. The van der Waals surface area contributed by atoms with E-state index in [1.54, 1.807) is 6.07 Å². The summed E-state index contributed by atoms with van der Waals surface area (Å²) in [6, 6.07) is 1.92. The number of hydrogen-bond acceptors (Lipinski definition) is 5. The van der Waals surface area contributed by atoms with Gasteiger partial charge in [0.05, 0.1) is 0 Å². The minimum absolute atomic E-state index is 0.0131. The van der Waals surface area contributed by atoms with E-state index in [1.807, 2.05) is 11.8 Å². The van der Waals surface area contributed by atoms with Crippen LogP contribution in [-0.4, -0.2) is 40.0 Å². The molecule has 0 aromatic carbocycles. The first-order valence-electron chi connectivity index (χ1n) is 6.13. The number of amides is 1. The molecule has 2 heterocycles. The van der Waals surface area contributed by atoms with Gasteiger partial charge in [-0.1, -0.05) is 12.2 Å². The highest BCUT2D eigenvalue weighted by molar-refractivity contribution is 7.80. The summed E-state index contributed by atoms with van der Waals surface area (Å²) in [5, 5.41) is 2.91. The second-order valence-electron chi connectivity index (χ2n) is 4.69. The van der Waals surface area contributed by atoms with E-state index < -0.39 is 0 Å². The highest BCUT2D eigenvalue weighted by Gasteiger charge is 2.25. The van der Waals surface area contributed by atoms with Crippen molar-refractivity contribution in [2.24, 2.45) is 5.73 Å². The van der Waals surface area contributed by atoms with Crippen LogP contribution in [0.4, 0.5) is 5.95 Å². The van der Waals surface area contributed by atoms with Crippen molar-refractivity contribution in [2.75, 3.05) is 18.0 Å². The molecule has 19 heavy (non-hydrogen) atoms. The Kier molecular flexibility index (Phi) is 3.94. The molecule has 1 unspecified atom stereocenters. The molecule has 1 amide bonds. The molecule has 0 bridgehead atoms. The predicted octanol–water partition coefficient (Wildman–Crippen LogP) is 0.134. The van der Waals surface area contributed by atoms with Gasteiger partial charge in [-0.3, -0.25) is 4.79 Å². The Balaban J connectivity index is 2.15. The van der Waals surface area contributed by atoms with Crippen molar-refractivity contribution in [1.82, 2.24) is 15.3 Å². The first-order chi connectivity index (χ1) is 8.95. The van der Waals surface area contributed by atoms with Crippen LogP contribution in [0.1, 0.15) is 24.7 Å². The molecule has 0 saturated carbocycles. The van der Waals surface area contributed by atoms with Gasteiger partial charge in [0.1, 0.15) is 10.7 Å². The molecule has 0 radical (unpaired) electrons. The highest BCUT2D eigenvalue weighted by atomic mass is 32.1. The maximum Gasteiger partial charge on any atom is 0.226 e. The fraction of sp³-hybridized carbons (Fsp3) is 0.500. The van der Waals surface area contributed by atoms with E-state index >= 15 is 0 Å². The topological polar surface area (TPSA) is 84.1 Å². The Morgan fingerprint density at radius 2 is 2.32 bits per heavy atom. The fourth-order valence-corrected chi connectivity index (χ4v) is 2.27. The van der Waals surface area contributed by atoms with Gasteiger partial charge < -0.3 is 16.0 Å². The highest BCUT2D eigenvalue weighted by Crippen LogP contribution is 2.17. The van der Waals surface area contributed by atoms with Crippen LogP contribution in [-0.2, 0) is 4.79 Å². The number of anilines is 1. The normalized spacial score (nSPS) is 18.4. The van der Waals surface area contributed by atoms with Gasteiger partial charge in [0.15, 0.2) is 0 Å². The van der Waals surface area contributed by atoms with E-state index in [9.17, 15) is 4.79 Å². The fourth-order valence-electron chi connectivity index (χ4n) is 2.17. The van der Waals surface area contributed by atoms with Gasteiger partial charge in [-0.15, -0.1) is 0 Å². The first kappa shape index (κ1) is 13.7. The van der Waals surface area contributed by atoms with Gasteiger partial charge in [0, 0.05) is 31.7 Å². The van der Waals surface area contributed by atoms with Crippen LogP contribution in [0.15, 0.2) is 6.07 Å². The minimum atomic E-state index is -0.0131. The lowest BCUT2D eigenvalue weighted by atomic mass is 10.3. The molecule has 3 N–H and O–H groups in total. The van der Waals surface area contributed by atoms with Crippen molar-refractivity contribution >= 4 is 29.1 Å². The van der Waals surface area contributed by atoms with Crippen molar-refractivity contribution in [3.05, 3.63) is 17.5 Å². The SMILES string of the molecule is CC(=O)NC1CCN(c2nc(C)cc(C(N)=S)n2)C1. The summed E-state index contributed by atoms with van der Waals surface area (Å²) in [6.45, 7) is 4.93. The largest absolute Gasteiger partial charge is 0.388 e. The Bertz CT molecular complexity index is 519. The smallest absolute Gasteiger partial charge is 0.226 e. The van der Waals surface area contributed by atoms with Crippen molar-refractivity contribution in [3.63, 3.8) is 0 Å². The number of carbonyl (C=O) groups excluding carboxylic acids is 1. The zero-order valence-corrected chi connectivity index (χ0v) is 11.8. The number of nitrogens with one attached hydrogen (secondary N) is 1. The molecule has 1 saturated heterocycles. The summed E-state index contributed by atoms with van der Waals surface area (Å²) in [7, 11) is 0. The van der Waals surface area contributed by atoms with Gasteiger partial charge in [0.2, 0.25) is 11.9 Å². The zero-order valence-electron chi connectivity index (χ0n) is 11.0. The number of nitrogens with two attached hydrogens (primary N) is 1. The summed E-state index contributed by atoms with van der Waals surface area (Å²) >= 11 is 4.95. The van der Waals surface area contributed by atoms with Crippen LogP contribution in [0.3, 0.4) is 0 Å². The molecule has 1 atom stereocenters. The number of rotatable bonds is 3. The van der Waals surface area contributed by atoms with Crippen molar-refractivity contribution in [3.8, 4) is 0 Å². The van der Waals surface area contributed by atoms with Gasteiger partial charge in [0.25, 0.3) is 0 Å². The molecular formula is C12H17N5OS. The minimum Gasteiger partial charge on any atom is -0.388 e. The lowest BCUT2D eigenvalue weighted by Crippen LogP contribution is -2.36. The lowest BCUT2D eigenvalue weighted by Gasteiger charge is -2.17. The third-order valence-corrected chi connectivity index (χ3v) is 3.18.